The molecule has 2 heterocycles. The average molecular weight is 405 g/mol. The maximum absolute atomic E-state index is 12.9. The van der Waals surface area contributed by atoms with Crippen molar-refractivity contribution in [1.82, 2.24) is 19.6 Å². The Morgan fingerprint density at radius 3 is 2.62 bits per heavy atom. The molecule has 24 heavy (non-hydrogen) atoms. The minimum absolute atomic E-state index is 0.146. The van der Waals surface area contributed by atoms with Crippen LogP contribution in [0.5, 0.6) is 0 Å². The third-order valence-corrected chi connectivity index (χ3v) is 4.34. The summed E-state index contributed by atoms with van der Waals surface area (Å²) in [4.78, 5) is 12.3. The monoisotopic (exact) mass is 404 g/mol. The van der Waals surface area contributed by atoms with Crippen LogP contribution in [0.1, 0.15) is 29.9 Å². The van der Waals surface area contributed by atoms with Crippen molar-refractivity contribution in [2.75, 3.05) is 5.32 Å². The molecule has 1 atom stereocenters. The molecule has 0 saturated heterocycles. The van der Waals surface area contributed by atoms with Crippen LogP contribution < -0.4 is 5.32 Å². The number of anilines is 1. The Balaban J connectivity index is 2.32. The van der Waals surface area contributed by atoms with Crippen molar-refractivity contribution in [3.8, 4) is 6.07 Å². The molecular formula is C13H12BrF3N6O. The lowest BCUT2D eigenvalue weighted by molar-refractivity contribution is -0.142. The normalized spacial score (nSPS) is 12.8. The van der Waals surface area contributed by atoms with Crippen LogP contribution in [0.3, 0.4) is 0 Å². The molecule has 0 aromatic carbocycles. The van der Waals surface area contributed by atoms with Crippen LogP contribution in [0.2, 0.25) is 0 Å². The van der Waals surface area contributed by atoms with Gasteiger partial charge in [0.1, 0.15) is 23.5 Å². The molecule has 0 saturated carbocycles. The van der Waals surface area contributed by atoms with Gasteiger partial charge in [-0.1, -0.05) is 0 Å². The highest BCUT2D eigenvalue weighted by Gasteiger charge is 2.39. The van der Waals surface area contributed by atoms with E-state index in [1.165, 1.54) is 31.8 Å². The highest BCUT2D eigenvalue weighted by atomic mass is 79.9. The Morgan fingerprint density at radius 1 is 1.50 bits per heavy atom. The van der Waals surface area contributed by atoms with Crippen LogP contribution in [-0.4, -0.2) is 25.5 Å². The van der Waals surface area contributed by atoms with Crippen LogP contribution in [0, 0.1) is 18.3 Å². The van der Waals surface area contributed by atoms with E-state index in [-0.39, 0.29) is 21.5 Å². The van der Waals surface area contributed by atoms with E-state index in [9.17, 15) is 18.0 Å². The zero-order valence-corrected chi connectivity index (χ0v) is 14.4. The number of hydrogen-bond acceptors (Lipinski definition) is 4. The van der Waals surface area contributed by atoms with Crippen LogP contribution in [0.25, 0.3) is 0 Å². The maximum atomic E-state index is 12.9. The predicted molar refractivity (Wildman–Crippen MR) is 80.9 cm³/mol. The molecule has 0 aliphatic heterocycles. The first-order chi connectivity index (χ1) is 11.1. The van der Waals surface area contributed by atoms with Crippen molar-refractivity contribution < 1.29 is 18.0 Å². The predicted octanol–water partition coefficient (Wildman–Crippen LogP) is 2.78. The van der Waals surface area contributed by atoms with Gasteiger partial charge in [0.15, 0.2) is 5.69 Å². The molecule has 2 rings (SSSR count). The van der Waals surface area contributed by atoms with E-state index >= 15 is 0 Å². The fourth-order valence-corrected chi connectivity index (χ4v) is 2.54. The summed E-state index contributed by atoms with van der Waals surface area (Å²) in [6, 6.07) is 0.839. The van der Waals surface area contributed by atoms with E-state index < -0.39 is 23.8 Å². The number of nitriles is 1. The smallest absolute Gasteiger partial charge is 0.308 e. The van der Waals surface area contributed by atoms with Crippen molar-refractivity contribution in [2.24, 2.45) is 7.05 Å². The zero-order chi connectivity index (χ0) is 18.2. The largest absolute Gasteiger partial charge is 0.436 e. The molecule has 0 spiro atoms. The van der Waals surface area contributed by atoms with Gasteiger partial charge in [-0.05, 0) is 29.8 Å². The summed E-state index contributed by atoms with van der Waals surface area (Å²) in [7, 11) is 1.53. The van der Waals surface area contributed by atoms with Gasteiger partial charge >= 0.3 is 6.18 Å². The van der Waals surface area contributed by atoms with Gasteiger partial charge in [0.2, 0.25) is 5.91 Å². The van der Waals surface area contributed by atoms with E-state index in [2.05, 4.69) is 31.4 Å². The van der Waals surface area contributed by atoms with Gasteiger partial charge in [-0.25, -0.2) is 0 Å². The van der Waals surface area contributed by atoms with Gasteiger partial charge in [-0.2, -0.15) is 28.6 Å². The molecular weight excluding hydrogens is 393 g/mol. The molecule has 0 radical (unpaired) electrons. The Kier molecular flexibility index (Phi) is 4.70. The molecule has 1 amide bonds. The van der Waals surface area contributed by atoms with Gasteiger partial charge in [0.25, 0.3) is 0 Å². The summed E-state index contributed by atoms with van der Waals surface area (Å²) in [6.45, 7) is 2.82. The molecule has 1 N–H and O–H groups in total. The second-order valence-corrected chi connectivity index (χ2v) is 5.79. The summed E-state index contributed by atoms with van der Waals surface area (Å²) >= 11 is 2.86. The van der Waals surface area contributed by atoms with Gasteiger partial charge in [0.05, 0.1) is 16.4 Å². The number of halogens is 4. The maximum Gasteiger partial charge on any atom is 0.436 e. The summed E-state index contributed by atoms with van der Waals surface area (Å²) in [6.07, 6.45) is -3.36. The number of nitrogens with one attached hydrogen (secondary N) is 1. The summed E-state index contributed by atoms with van der Waals surface area (Å²) in [5, 5.41) is 18.8. The number of hydrogen-bond donors (Lipinski definition) is 1. The van der Waals surface area contributed by atoms with E-state index in [1.807, 2.05) is 6.07 Å². The quantitative estimate of drug-likeness (QED) is 0.851. The Hall–Kier alpha value is -2.35. The summed E-state index contributed by atoms with van der Waals surface area (Å²) in [5.74, 6) is -0.462. The van der Waals surface area contributed by atoms with Crippen LogP contribution >= 0.6 is 15.9 Å². The molecule has 0 aliphatic rings. The van der Waals surface area contributed by atoms with Gasteiger partial charge in [-0.3, -0.25) is 14.2 Å². The molecule has 0 aliphatic carbocycles. The molecule has 0 bridgehead atoms. The van der Waals surface area contributed by atoms with Gasteiger partial charge in [0, 0.05) is 7.05 Å². The molecule has 128 valence electrons. The fraction of sp³-hybridized carbons (Fsp3) is 0.385. The lowest BCUT2D eigenvalue weighted by atomic mass is 10.3. The van der Waals surface area contributed by atoms with Crippen molar-refractivity contribution in [2.45, 2.75) is 26.1 Å². The van der Waals surface area contributed by atoms with E-state index in [0.29, 0.717) is 0 Å². The van der Waals surface area contributed by atoms with Crippen molar-refractivity contribution in [1.29, 1.82) is 5.26 Å². The molecule has 7 nitrogen and oxygen atoms in total. The third-order valence-electron chi connectivity index (χ3n) is 3.39. The van der Waals surface area contributed by atoms with Gasteiger partial charge < -0.3 is 5.32 Å². The number of nitrogens with zero attached hydrogens (tertiary/aromatic N) is 5. The van der Waals surface area contributed by atoms with E-state index in [1.54, 1.807) is 0 Å². The Morgan fingerprint density at radius 2 is 2.12 bits per heavy atom. The van der Waals surface area contributed by atoms with Crippen molar-refractivity contribution >= 4 is 27.7 Å². The Labute approximate surface area is 143 Å². The first-order valence-corrected chi connectivity index (χ1v) is 7.42. The Bertz CT molecular complexity index is 832. The van der Waals surface area contributed by atoms with Gasteiger partial charge in [-0.15, -0.1) is 0 Å². The number of aryl methyl sites for hydroxylation is 1. The SMILES string of the molecule is Cc1c(Br)c(C(F)(F)F)nn1C(C)C(=O)Nc1c(C#N)cnn1C. The first-order valence-electron chi connectivity index (χ1n) is 6.62. The fourth-order valence-electron chi connectivity index (χ4n) is 2.06. The number of aromatic nitrogens is 4. The second kappa shape index (κ2) is 6.27. The minimum atomic E-state index is -4.64. The minimum Gasteiger partial charge on any atom is -0.308 e. The second-order valence-electron chi connectivity index (χ2n) is 5.00. The number of carbonyl (C=O) groups is 1. The number of carbonyl (C=O) groups excluding carboxylic acids is 1. The molecule has 1 unspecified atom stereocenters. The molecule has 2 aromatic heterocycles. The molecule has 0 fully saturated rings. The summed E-state index contributed by atoms with van der Waals surface area (Å²) in [5.41, 5.74) is -0.791. The van der Waals surface area contributed by atoms with Crippen LogP contribution in [-0.2, 0) is 18.0 Å². The number of amides is 1. The highest BCUT2D eigenvalue weighted by molar-refractivity contribution is 9.10. The van der Waals surface area contributed by atoms with Crippen LogP contribution in [0.4, 0.5) is 19.0 Å². The standard InChI is InChI=1S/C13H12BrF3N6O/c1-6-9(14)10(13(15,16)17)21-23(6)7(2)12(24)20-11-8(4-18)5-19-22(11)3/h5,7H,1-3H3,(H,20,24). The highest BCUT2D eigenvalue weighted by Crippen LogP contribution is 2.36. The number of alkyl halides is 3. The zero-order valence-electron chi connectivity index (χ0n) is 12.8. The average Bonchev–Trinajstić information content (AvgIpc) is 3.00. The van der Waals surface area contributed by atoms with Crippen molar-refractivity contribution in [3.05, 3.63) is 27.6 Å². The van der Waals surface area contributed by atoms with E-state index in [4.69, 9.17) is 5.26 Å². The molecule has 2 aromatic rings. The number of rotatable bonds is 3. The lowest BCUT2D eigenvalue weighted by Crippen LogP contribution is -2.26. The first kappa shape index (κ1) is 18.0. The molecule has 11 heteroatoms. The third kappa shape index (κ3) is 3.14. The topological polar surface area (TPSA) is 88.5 Å². The van der Waals surface area contributed by atoms with Crippen molar-refractivity contribution in [3.63, 3.8) is 0 Å². The summed E-state index contributed by atoms with van der Waals surface area (Å²) < 4.78 is 40.8. The van der Waals surface area contributed by atoms with E-state index in [0.717, 1.165) is 4.68 Å². The van der Waals surface area contributed by atoms with Crippen LogP contribution in [0.15, 0.2) is 10.7 Å². The lowest BCUT2D eigenvalue weighted by Gasteiger charge is -2.14.